The first-order valence-electron chi connectivity index (χ1n) is 2.91. The molecule has 0 saturated carbocycles. The van der Waals surface area contributed by atoms with Gasteiger partial charge in [0.15, 0.2) is 0 Å². The fourth-order valence-corrected chi connectivity index (χ4v) is 0.556. The van der Waals surface area contributed by atoms with E-state index >= 15 is 0 Å². The summed E-state index contributed by atoms with van der Waals surface area (Å²) in [5.74, 6) is 4.63. The second-order valence-electron chi connectivity index (χ2n) is 1.56. The molecule has 0 aromatic carbocycles. The molecular weight excluding hydrogens is 120 g/mol. The van der Waals surface area contributed by atoms with Crippen LogP contribution in [-0.4, -0.2) is 24.1 Å². The highest BCUT2D eigenvalue weighted by atomic mass is 16.7. The minimum atomic E-state index is -0.472. The third-order valence-electron chi connectivity index (χ3n) is 1.12. The molecule has 2 N–H and O–H groups in total. The van der Waals surface area contributed by atoms with Crippen LogP contribution in [0.5, 0.6) is 0 Å². The summed E-state index contributed by atoms with van der Waals surface area (Å²) in [5.41, 5.74) is 0. The van der Waals surface area contributed by atoms with Crippen molar-refractivity contribution in [1.82, 2.24) is 4.90 Å². The van der Waals surface area contributed by atoms with E-state index in [4.69, 9.17) is 0 Å². The summed E-state index contributed by atoms with van der Waals surface area (Å²) < 4.78 is 0. The van der Waals surface area contributed by atoms with Gasteiger partial charge in [-0.05, 0) is 13.8 Å². The Balaban J connectivity index is 3.64. The highest BCUT2D eigenvalue weighted by molar-refractivity contribution is 5.66. The third kappa shape index (κ3) is 2.32. The highest BCUT2D eigenvalue weighted by Crippen LogP contribution is 1.88. The molecule has 0 aromatic rings. The highest BCUT2D eigenvalue weighted by Gasteiger charge is 2.07. The van der Waals surface area contributed by atoms with Gasteiger partial charge in [0.25, 0.3) is 0 Å². The normalized spacial score (nSPS) is 8.78. The first kappa shape index (κ1) is 8.23. The molecule has 0 atom stereocenters. The number of nitrogens with zero attached hydrogens (tertiary/aromatic N) is 1. The van der Waals surface area contributed by atoms with E-state index in [2.05, 4.69) is 10.7 Å². The zero-order valence-electron chi connectivity index (χ0n) is 5.76. The van der Waals surface area contributed by atoms with Crippen molar-refractivity contribution in [3.05, 3.63) is 0 Å². The van der Waals surface area contributed by atoms with E-state index in [0.717, 1.165) is 0 Å². The van der Waals surface area contributed by atoms with Crippen LogP contribution >= 0.6 is 0 Å². The molecule has 0 aliphatic heterocycles. The average Bonchev–Trinajstić information content (AvgIpc) is 1.90. The van der Waals surface area contributed by atoms with Gasteiger partial charge < -0.3 is 9.74 Å². The molecule has 0 aliphatic carbocycles. The Hall–Kier alpha value is -0.770. The fourth-order valence-electron chi connectivity index (χ4n) is 0.556. The predicted molar refractivity (Wildman–Crippen MR) is 33.6 cm³/mol. The molecular formula is C5H12N2O2. The number of carbonyl (C=O) groups is 1. The van der Waals surface area contributed by atoms with Crippen LogP contribution < -0.4 is 5.90 Å². The van der Waals surface area contributed by atoms with Crippen molar-refractivity contribution in [3.63, 3.8) is 0 Å². The van der Waals surface area contributed by atoms with Crippen LogP contribution in [0, 0.1) is 0 Å². The van der Waals surface area contributed by atoms with E-state index < -0.39 is 6.09 Å². The van der Waals surface area contributed by atoms with Gasteiger partial charge in [-0.25, -0.2) is 4.79 Å². The van der Waals surface area contributed by atoms with Crippen LogP contribution in [0.25, 0.3) is 0 Å². The molecule has 0 radical (unpaired) electrons. The molecule has 1 amide bonds. The number of rotatable bonds is 2. The van der Waals surface area contributed by atoms with Crippen LogP contribution in [0.3, 0.4) is 0 Å². The molecule has 0 fully saturated rings. The maximum absolute atomic E-state index is 10.6. The second-order valence-corrected chi connectivity index (χ2v) is 1.56. The first-order valence-corrected chi connectivity index (χ1v) is 2.91. The first-order chi connectivity index (χ1) is 4.26. The zero-order chi connectivity index (χ0) is 7.28. The van der Waals surface area contributed by atoms with Gasteiger partial charge in [-0.3, -0.25) is 0 Å². The van der Waals surface area contributed by atoms with E-state index in [1.165, 1.54) is 4.90 Å². The minimum Gasteiger partial charge on any atom is -0.357 e. The van der Waals surface area contributed by atoms with Crippen molar-refractivity contribution in [2.24, 2.45) is 5.90 Å². The van der Waals surface area contributed by atoms with Crippen molar-refractivity contribution >= 4 is 6.09 Å². The van der Waals surface area contributed by atoms with Gasteiger partial charge in [-0.15, -0.1) is 0 Å². The van der Waals surface area contributed by atoms with Gasteiger partial charge in [0.1, 0.15) is 0 Å². The fraction of sp³-hybridized carbons (Fsp3) is 0.800. The second kappa shape index (κ2) is 4.14. The number of hydrogen-bond acceptors (Lipinski definition) is 3. The molecule has 4 nitrogen and oxygen atoms in total. The summed E-state index contributed by atoms with van der Waals surface area (Å²) in [5, 5.41) is 0. The quantitative estimate of drug-likeness (QED) is 0.551. The maximum Gasteiger partial charge on any atom is 0.428 e. The number of amides is 1. The summed E-state index contributed by atoms with van der Waals surface area (Å²) in [6.45, 7) is 4.99. The van der Waals surface area contributed by atoms with Gasteiger partial charge in [-0.1, -0.05) is 0 Å². The molecule has 0 aliphatic rings. The molecule has 0 rings (SSSR count). The summed E-state index contributed by atoms with van der Waals surface area (Å²) in [4.78, 5) is 16.0. The standard InChI is InChI=1S/C5H12N2O2/c1-3-7(4-2)5(8)9-6/h3-4,6H2,1-2H3. The Labute approximate surface area is 54.5 Å². The molecule has 9 heavy (non-hydrogen) atoms. The van der Waals surface area contributed by atoms with E-state index in [1.807, 2.05) is 13.8 Å². The molecule has 4 heteroatoms. The monoisotopic (exact) mass is 132 g/mol. The summed E-state index contributed by atoms with van der Waals surface area (Å²) in [7, 11) is 0. The Morgan fingerprint density at radius 2 is 2.00 bits per heavy atom. The molecule has 0 aromatic heterocycles. The van der Waals surface area contributed by atoms with E-state index in [9.17, 15) is 4.79 Å². The lowest BCUT2D eigenvalue weighted by Crippen LogP contribution is -2.32. The van der Waals surface area contributed by atoms with Crippen molar-refractivity contribution in [2.75, 3.05) is 13.1 Å². The molecule has 0 saturated heterocycles. The SMILES string of the molecule is CCN(CC)C(=O)ON. The van der Waals surface area contributed by atoms with Gasteiger partial charge in [0.05, 0.1) is 0 Å². The van der Waals surface area contributed by atoms with Crippen LogP contribution in [0.15, 0.2) is 0 Å². The molecule has 0 heterocycles. The van der Waals surface area contributed by atoms with Crippen LogP contribution in [0.2, 0.25) is 0 Å². The lowest BCUT2D eigenvalue weighted by Gasteiger charge is -2.14. The summed E-state index contributed by atoms with van der Waals surface area (Å²) >= 11 is 0. The molecule has 0 bridgehead atoms. The van der Waals surface area contributed by atoms with E-state index in [1.54, 1.807) is 0 Å². The van der Waals surface area contributed by atoms with Crippen molar-refractivity contribution in [2.45, 2.75) is 13.8 Å². The van der Waals surface area contributed by atoms with E-state index in [0.29, 0.717) is 13.1 Å². The van der Waals surface area contributed by atoms with Gasteiger partial charge in [0, 0.05) is 13.1 Å². The van der Waals surface area contributed by atoms with Crippen molar-refractivity contribution < 1.29 is 9.63 Å². The van der Waals surface area contributed by atoms with Crippen molar-refractivity contribution in [3.8, 4) is 0 Å². The zero-order valence-corrected chi connectivity index (χ0v) is 5.76. The Morgan fingerprint density at radius 3 is 2.11 bits per heavy atom. The molecule has 0 unspecified atom stereocenters. The molecule has 0 spiro atoms. The third-order valence-corrected chi connectivity index (χ3v) is 1.12. The average molecular weight is 132 g/mol. The van der Waals surface area contributed by atoms with Crippen LogP contribution in [0.1, 0.15) is 13.8 Å². The Kier molecular flexibility index (Phi) is 3.79. The lowest BCUT2D eigenvalue weighted by atomic mass is 10.6. The Morgan fingerprint density at radius 1 is 1.56 bits per heavy atom. The maximum atomic E-state index is 10.6. The van der Waals surface area contributed by atoms with Gasteiger partial charge in [0.2, 0.25) is 0 Å². The number of carbonyl (C=O) groups excluding carboxylic acids is 1. The molecule has 54 valence electrons. The van der Waals surface area contributed by atoms with Crippen LogP contribution in [-0.2, 0) is 4.84 Å². The largest absolute Gasteiger partial charge is 0.428 e. The minimum absolute atomic E-state index is 0.472. The smallest absolute Gasteiger partial charge is 0.357 e. The van der Waals surface area contributed by atoms with E-state index in [-0.39, 0.29) is 0 Å². The van der Waals surface area contributed by atoms with Gasteiger partial charge in [-0.2, -0.15) is 5.90 Å². The predicted octanol–water partition coefficient (Wildman–Crippen LogP) is 0.339. The lowest BCUT2D eigenvalue weighted by molar-refractivity contribution is 0.107. The summed E-state index contributed by atoms with van der Waals surface area (Å²) in [6.07, 6.45) is -0.472. The van der Waals surface area contributed by atoms with Gasteiger partial charge >= 0.3 is 6.09 Å². The van der Waals surface area contributed by atoms with Crippen LogP contribution in [0.4, 0.5) is 4.79 Å². The summed E-state index contributed by atoms with van der Waals surface area (Å²) in [6, 6.07) is 0. The topological polar surface area (TPSA) is 55.6 Å². The van der Waals surface area contributed by atoms with Crippen molar-refractivity contribution in [1.29, 1.82) is 0 Å². The number of hydrogen-bond donors (Lipinski definition) is 1. The Bertz CT molecular complexity index is 91.0. The number of nitrogens with two attached hydrogens (primary N) is 1.